The first-order chi connectivity index (χ1) is 8.91. The van der Waals surface area contributed by atoms with Crippen molar-refractivity contribution in [2.24, 2.45) is 0 Å². The molecule has 1 N–H and O–H groups in total. The van der Waals surface area contributed by atoms with Gasteiger partial charge < -0.3 is 5.11 Å². The Bertz CT molecular complexity index is 629. The highest BCUT2D eigenvalue weighted by molar-refractivity contribution is 6.31. The number of carbonyl (C=O) groups is 1. The predicted octanol–water partition coefficient (Wildman–Crippen LogP) is 2.44. The molecule has 0 atom stereocenters. The Morgan fingerprint density at radius 3 is 2.68 bits per heavy atom. The van der Waals surface area contributed by atoms with E-state index in [1.54, 1.807) is 6.92 Å². The first-order valence-corrected chi connectivity index (χ1v) is 5.52. The normalized spacial score (nSPS) is 10.4. The van der Waals surface area contributed by atoms with Crippen LogP contribution in [0.3, 0.4) is 0 Å². The lowest BCUT2D eigenvalue weighted by Crippen LogP contribution is -2.09. The molecule has 2 aromatic rings. The average molecular weight is 282 g/mol. The van der Waals surface area contributed by atoms with Crippen molar-refractivity contribution >= 4 is 23.3 Å². The maximum absolute atomic E-state index is 11.2. The van der Waals surface area contributed by atoms with E-state index >= 15 is 0 Å². The third-order valence-corrected chi connectivity index (χ3v) is 2.88. The van der Waals surface area contributed by atoms with Crippen LogP contribution in [0.5, 0.6) is 0 Å². The summed E-state index contributed by atoms with van der Waals surface area (Å²) in [4.78, 5) is 21.5. The molecule has 0 unspecified atom stereocenters. The van der Waals surface area contributed by atoms with Gasteiger partial charge in [0.1, 0.15) is 0 Å². The van der Waals surface area contributed by atoms with Gasteiger partial charge in [-0.15, -0.1) is 0 Å². The van der Waals surface area contributed by atoms with Crippen molar-refractivity contribution in [2.75, 3.05) is 0 Å². The second kappa shape index (κ2) is 4.69. The average Bonchev–Trinajstić information content (AvgIpc) is 2.68. The fourth-order valence-electron chi connectivity index (χ4n) is 1.65. The molecule has 0 amide bonds. The number of aromatic nitrogens is 2. The van der Waals surface area contributed by atoms with Gasteiger partial charge in [-0.25, -0.2) is 9.48 Å². The number of aryl methyl sites for hydroxylation is 1. The molecule has 19 heavy (non-hydrogen) atoms. The van der Waals surface area contributed by atoms with Crippen LogP contribution in [0.1, 0.15) is 16.1 Å². The summed E-state index contributed by atoms with van der Waals surface area (Å²) in [5.74, 6) is -1.28. The van der Waals surface area contributed by atoms with E-state index in [0.29, 0.717) is 10.7 Å². The maximum atomic E-state index is 11.2. The summed E-state index contributed by atoms with van der Waals surface area (Å²) < 4.78 is 1.11. The smallest absolute Gasteiger partial charge is 0.338 e. The van der Waals surface area contributed by atoms with Gasteiger partial charge in [0.15, 0.2) is 5.69 Å². The molecule has 0 aliphatic heterocycles. The lowest BCUT2D eigenvalue weighted by atomic mass is 10.1. The summed E-state index contributed by atoms with van der Waals surface area (Å²) in [6.45, 7) is 1.62. The molecule has 0 spiro atoms. The Hall–Kier alpha value is -2.41. The number of carboxylic acid groups (broad SMARTS) is 1. The number of halogens is 1. The summed E-state index contributed by atoms with van der Waals surface area (Å²) in [5, 5.41) is 24.4. The van der Waals surface area contributed by atoms with E-state index in [1.165, 1.54) is 24.4 Å². The molecule has 0 aliphatic carbocycles. The number of nitrogens with zero attached hydrogens (tertiary/aromatic N) is 3. The van der Waals surface area contributed by atoms with Gasteiger partial charge in [0.25, 0.3) is 5.69 Å². The molecule has 1 heterocycles. The largest absolute Gasteiger partial charge is 0.478 e. The maximum Gasteiger partial charge on any atom is 0.338 e. The number of para-hydroxylation sites is 1. The molecule has 0 radical (unpaired) electrons. The fourth-order valence-corrected chi connectivity index (χ4v) is 1.78. The van der Waals surface area contributed by atoms with E-state index in [2.05, 4.69) is 5.10 Å². The van der Waals surface area contributed by atoms with Crippen molar-refractivity contribution in [2.45, 2.75) is 6.92 Å². The molecular formula is C11H8ClN3O4. The van der Waals surface area contributed by atoms with Gasteiger partial charge in [-0.1, -0.05) is 17.7 Å². The summed E-state index contributed by atoms with van der Waals surface area (Å²) in [5.41, 5.74) is -0.224. The number of hydrogen-bond donors (Lipinski definition) is 1. The van der Waals surface area contributed by atoms with Crippen LogP contribution in [0.15, 0.2) is 24.4 Å². The van der Waals surface area contributed by atoms with Crippen LogP contribution in [0.25, 0.3) is 5.69 Å². The number of hydrogen-bond acceptors (Lipinski definition) is 4. The van der Waals surface area contributed by atoms with Crippen LogP contribution in [0.4, 0.5) is 5.69 Å². The van der Waals surface area contributed by atoms with Crippen LogP contribution in [-0.4, -0.2) is 25.8 Å². The number of benzene rings is 1. The van der Waals surface area contributed by atoms with Gasteiger partial charge in [-0.2, -0.15) is 5.10 Å². The van der Waals surface area contributed by atoms with Crippen molar-refractivity contribution in [3.63, 3.8) is 0 Å². The lowest BCUT2D eigenvalue weighted by molar-refractivity contribution is -0.384. The minimum Gasteiger partial charge on any atom is -0.478 e. The second-order valence-electron chi connectivity index (χ2n) is 3.74. The van der Waals surface area contributed by atoms with Crippen LogP contribution < -0.4 is 0 Å². The first kappa shape index (κ1) is 13.0. The standard InChI is InChI=1S/C11H8ClN3O4/c1-6-8(12)5-14(13-6)10-7(11(16)17)3-2-4-9(10)15(18)19/h2-5H,1H3,(H,16,17). The number of carboxylic acids is 1. The molecule has 1 aromatic carbocycles. The number of nitro groups is 1. The van der Waals surface area contributed by atoms with Crippen LogP contribution in [-0.2, 0) is 0 Å². The topological polar surface area (TPSA) is 98.3 Å². The summed E-state index contributed by atoms with van der Waals surface area (Å²) in [6, 6.07) is 3.80. The van der Waals surface area contributed by atoms with Crippen molar-refractivity contribution < 1.29 is 14.8 Å². The Labute approximate surface area is 112 Å². The van der Waals surface area contributed by atoms with E-state index in [1.807, 2.05) is 0 Å². The second-order valence-corrected chi connectivity index (χ2v) is 4.15. The molecule has 0 saturated heterocycles. The number of nitro benzene ring substituents is 1. The van der Waals surface area contributed by atoms with Crippen molar-refractivity contribution in [3.05, 3.63) is 50.8 Å². The van der Waals surface area contributed by atoms with E-state index in [4.69, 9.17) is 16.7 Å². The van der Waals surface area contributed by atoms with Gasteiger partial charge in [-0.05, 0) is 13.0 Å². The van der Waals surface area contributed by atoms with E-state index in [-0.39, 0.29) is 16.9 Å². The summed E-state index contributed by atoms with van der Waals surface area (Å²) in [6.07, 6.45) is 1.34. The molecule has 7 nitrogen and oxygen atoms in total. The quantitative estimate of drug-likeness (QED) is 0.688. The molecule has 98 valence electrons. The molecule has 0 aliphatic rings. The minimum atomic E-state index is -1.28. The molecule has 0 saturated carbocycles. The highest BCUT2D eigenvalue weighted by atomic mass is 35.5. The van der Waals surface area contributed by atoms with Crippen molar-refractivity contribution in [3.8, 4) is 5.69 Å². The summed E-state index contributed by atoms with van der Waals surface area (Å²) >= 11 is 5.84. The first-order valence-electron chi connectivity index (χ1n) is 5.14. The monoisotopic (exact) mass is 281 g/mol. The Morgan fingerprint density at radius 2 is 2.21 bits per heavy atom. The minimum absolute atomic E-state index is 0.116. The third-order valence-electron chi connectivity index (χ3n) is 2.51. The van der Waals surface area contributed by atoms with Gasteiger partial charge in [-0.3, -0.25) is 10.1 Å². The Balaban J connectivity index is 2.78. The van der Waals surface area contributed by atoms with E-state index in [0.717, 1.165) is 4.68 Å². The molecular weight excluding hydrogens is 274 g/mol. The Kier molecular flexibility index (Phi) is 3.22. The fraction of sp³-hybridized carbons (Fsp3) is 0.0909. The van der Waals surface area contributed by atoms with Gasteiger partial charge in [0.05, 0.1) is 21.2 Å². The van der Waals surface area contributed by atoms with Gasteiger partial charge in [0.2, 0.25) is 0 Å². The molecule has 2 rings (SSSR count). The Morgan fingerprint density at radius 1 is 1.53 bits per heavy atom. The molecule has 8 heteroatoms. The predicted molar refractivity (Wildman–Crippen MR) is 66.9 cm³/mol. The zero-order chi connectivity index (χ0) is 14.2. The van der Waals surface area contributed by atoms with Gasteiger partial charge >= 0.3 is 5.97 Å². The highest BCUT2D eigenvalue weighted by Crippen LogP contribution is 2.28. The summed E-state index contributed by atoms with van der Waals surface area (Å²) in [7, 11) is 0. The molecule has 0 fully saturated rings. The SMILES string of the molecule is Cc1nn(-c2c(C(=O)O)cccc2[N+](=O)[O-])cc1Cl. The van der Waals surface area contributed by atoms with Crippen molar-refractivity contribution in [1.29, 1.82) is 0 Å². The lowest BCUT2D eigenvalue weighted by Gasteiger charge is -2.06. The van der Waals surface area contributed by atoms with Crippen LogP contribution >= 0.6 is 11.6 Å². The molecule has 0 bridgehead atoms. The zero-order valence-electron chi connectivity index (χ0n) is 9.70. The van der Waals surface area contributed by atoms with Gasteiger partial charge in [0, 0.05) is 12.3 Å². The third kappa shape index (κ3) is 2.27. The van der Waals surface area contributed by atoms with Crippen molar-refractivity contribution in [1.82, 2.24) is 9.78 Å². The van der Waals surface area contributed by atoms with E-state index in [9.17, 15) is 14.9 Å². The molecule has 1 aromatic heterocycles. The van der Waals surface area contributed by atoms with E-state index < -0.39 is 10.9 Å². The number of rotatable bonds is 3. The zero-order valence-corrected chi connectivity index (χ0v) is 10.5. The highest BCUT2D eigenvalue weighted by Gasteiger charge is 2.24. The number of aromatic carboxylic acids is 1. The van der Waals surface area contributed by atoms with Crippen LogP contribution in [0, 0.1) is 17.0 Å². The van der Waals surface area contributed by atoms with Crippen LogP contribution in [0.2, 0.25) is 5.02 Å².